The number of nitrogens with zero attached hydrogens (tertiary/aromatic N) is 2. The van der Waals surface area contributed by atoms with Crippen molar-refractivity contribution in [2.75, 3.05) is 5.32 Å². The maximum Gasteiger partial charge on any atom is 0.310 e. The lowest BCUT2D eigenvalue weighted by Gasteiger charge is -2.25. The number of aromatic nitrogens is 2. The van der Waals surface area contributed by atoms with E-state index in [4.69, 9.17) is 13.9 Å². The van der Waals surface area contributed by atoms with Gasteiger partial charge in [-0.3, -0.25) is 9.59 Å². The Hall–Kier alpha value is -3.75. The number of nitrogens with one attached hydrogen (secondary N) is 1. The second-order valence-corrected chi connectivity index (χ2v) is 6.38. The van der Waals surface area contributed by atoms with E-state index in [2.05, 4.69) is 15.5 Å². The molecule has 9 heteroatoms. The minimum atomic E-state index is -0.998. The highest BCUT2D eigenvalue weighted by molar-refractivity contribution is 5.99. The number of carbonyl (C=O) groups is 2. The fourth-order valence-electron chi connectivity index (χ4n) is 2.78. The van der Waals surface area contributed by atoms with E-state index >= 15 is 0 Å². The smallest absolute Gasteiger partial charge is 0.310 e. The first-order chi connectivity index (χ1) is 14.0. The van der Waals surface area contributed by atoms with Gasteiger partial charge in [-0.2, -0.15) is 0 Å². The van der Waals surface area contributed by atoms with Gasteiger partial charge in [-0.15, -0.1) is 10.2 Å². The Bertz CT molecular complexity index is 1050. The summed E-state index contributed by atoms with van der Waals surface area (Å²) in [6, 6.07) is 12.5. The van der Waals surface area contributed by atoms with Gasteiger partial charge in [-0.05, 0) is 43.3 Å². The molecule has 1 aliphatic rings. The molecule has 2 atom stereocenters. The number of ether oxygens (including phenoxy) is 2. The molecule has 1 aromatic heterocycles. The molecule has 0 unspecified atom stereocenters. The van der Waals surface area contributed by atoms with E-state index in [0.717, 1.165) is 0 Å². The second-order valence-electron chi connectivity index (χ2n) is 6.38. The maximum atomic E-state index is 13.0. The number of amides is 1. The van der Waals surface area contributed by atoms with E-state index in [9.17, 15) is 14.0 Å². The minimum absolute atomic E-state index is 0.0806. The van der Waals surface area contributed by atoms with Gasteiger partial charge in [0.2, 0.25) is 5.89 Å². The third-order valence-electron chi connectivity index (χ3n) is 4.25. The van der Waals surface area contributed by atoms with Gasteiger partial charge in [-0.25, -0.2) is 4.39 Å². The molecule has 4 rings (SSSR count). The van der Waals surface area contributed by atoms with Crippen LogP contribution in [0.1, 0.15) is 25.3 Å². The summed E-state index contributed by atoms with van der Waals surface area (Å²) in [5.41, 5.74) is 1.09. The minimum Gasteiger partial charge on any atom is -0.478 e. The Kier molecular flexibility index (Phi) is 4.94. The number of para-hydroxylation sites is 2. The normalized spacial score (nSPS) is 16.3. The highest BCUT2D eigenvalue weighted by atomic mass is 19.1. The topological polar surface area (TPSA) is 104 Å². The van der Waals surface area contributed by atoms with Crippen molar-refractivity contribution in [1.29, 1.82) is 0 Å². The number of anilines is 1. The number of hydrogen-bond donors (Lipinski definition) is 1. The Morgan fingerprint density at radius 2 is 1.97 bits per heavy atom. The van der Waals surface area contributed by atoms with Crippen LogP contribution in [0.15, 0.2) is 52.9 Å². The van der Waals surface area contributed by atoms with Crippen molar-refractivity contribution < 1.29 is 27.9 Å². The summed E-state index contributed by atoms with van der Waals surface area (Å²) in [5, 5.41) is 10.4. The second kappa shape index (κ2) is 7.70. The summed E-state index contributed by atoms with van der Waals surface area (Å²) >= 11 is 0. The highest BCUT2D eigenvalue weighted by Gasteiger charge is 2.31. The van der Waals surface area contributed by atoms with Gasteiger partial charge in [-0.1, -0.05) is 12.1 Å². The van der Waals surface area contributed by atoms with Crippen molar-refractivity contribution >= 4 is 17.6 Å². The number of benzene rings is 2. The van der Waals surface area contributed by atoms with Crippen LogP contribution in [0.4, 0.5) is 10.1 Å². The van der Waals surface area contributed by atoms with Crippen LogP contribution in [0.3, 0.4) is 0 Å². The average molecular weight is 397 g/mol. The van der Waals surface area contributed by atoms with E-state index in [1.807, 2.05) is 0 Å². The molecule has 3 aromatic rings. The number of halogens is 1. The SMILES string of the molecule is C[C@@H](OC(=O)C[C@H]1Oc2ccccc2NC1=O)c1nnc(-c2ccc(F)cc2)o1. The van der Waals surface area contributed by atoms with Crippen LogP contribution in [0.25, 0.3) is 11.5 Å². The largest absolute Gasteiger partial charge is 0.478 e. The number of fused-ring (bicyclic) bond motifs is 1. The molecule has 2 heterocycles. The number of hydrogen-bond acceptors (Lipinski definition) is 7. The molecule has 2 aromatic carbocycles. The number of esters is 1. The molecular formula is C20H16FN3O5. The fourth-order valence-corrected chi connectivity index (χ4v) is 2.78. The van der Waals surface area contributed by atoms with Crippen LogP contribution in [-0.2, 0) is 14.3 Å². The van der Waals surface area contributed by atoms with E-state index in [0.29, 0.717) is 17.0 Å². The molecule has 1 amide bonds. The quantitative estimate of drug-likeness (QED) is 0.659. The van der Waals surface area contributed by atoms with Gasteiger partial charge in [0.05, 0.1) is 12.1 Å². The van der Waals surface area contributed by atoms with Crippen LogP contribution in [0, 0.1) is 5.82 Å². The Morgan fingerprint density at radius 3 is 2.76 bits per heavy atom. The Balaban J connectivity index is 1.38. The lowest BCUT2D eigenvalue weighted by molar-refractivity contribution is -0.153. The van der Waals surface area contributed by atoms with Crippen LogP contribution in [0.5, 0.6) is 5.75 Å². The predicted octanol–water partition coefficient (Wildman–Crippen LogP) is 3.27. The van der Waals surface area contributed by atoms with E-state index < -0.39 is 24.1 Å². The van der Waals surface area contributed by atoms with E-state index in [1.54, 1.807) is 31.2 Å². The van der Waals surface area contributed by atoms with Gasteiger partial charge in [0, 0.05) is 5.56 Å². The van der Waals surface area contributed by atoms with Crippen molar-refractivity contribution in [1.82, 2.24) is 10.2 Å². The number of carbonyl (C=O) groups excluding carboxylic acids is 2. The molecule has 0 saturated carbocycles. The molecule has 0 radical (unpaired) electrons. The molecule has 0 bridgehead atoms. The summed E-state index contributed by atoms with van der Waals surface area (Å²) in [6.45, 7) is 1.57. The predicted molar refractivity (Wildman–Crippen MR) is 98.3 cm³/mol. The third-order valence-corrected chi connectivity index (χ3v) is 4.25. The molecule has 0 aliphatic carbocycles. The molecule has 1 aliphatic heterocycles. The van der Waals surface area contributed by atoms with E-state index in [1.165, 1.54) is 24.3 Å². The average Bonchev–Trinajstić information content (AvgIpc) is 3.19. The van der Waals surface area contributed by atoms with Crippen LogP contribution < -0.4 is 10.1 Å². The summed E-state index contributed by atoms with van der Waals surface area (Å²) in [6.07, 6.45) is -2.10. The molecule has 29 heavy (non-hydrogen) atoms. The van der Waals surface area contributed by atoms with Gasteiger partial charge < -0.3 is 19.2 Å². The summed E-state index contributed by atoms with van der Waals surface area (Å²) in [5.74, 6) is -0.721. The molecule has 148 valence electrons. The zero-order valence-electron chi connectivity index (χ0n) is 15.3. The lowest BCUT2D eigenvalue weighted by atomic mass is 10.1. The monoisotopic (exact) mass is 397 g/mol. The van der Waals surface area contributed by atoms with Gasteiger partial charge in [0.25, 0.3) is 11.8 Å². The molecule has 8 nitrogen and oxygen atoms in total. The third kappa shape index (κ3) is 4.08. The van der Waals surface area contributed by atoms with Gasteiger partial charge in [0.1, 0.15) is 11.6 Å². The first-order valence-electron chi connectivity index (χ1n) is 8.85. The fraction of sp³-hybridized carbons (Fsp3) is 0.200. The lowest BCUT2D eigenvalue weighted by Crippen LogP contribution is -2.38. The van der Waals surface area contributed by atoms with Gasteiger partial charge >= 0.3 is 5.97 Å². The first-order valence-corrected chi connectivity index (χ1v) is 8.85. The maximum absolute atomic E-state index is 13.0. The van der Waals surface area contributed by atoms with Crippen molar-refractivity contribution in [3.05, 3.63) is 60.2 Å². The molecule has 0 spiro atoms. The highest BCUT2D eigenvalue weighted by Crippen LogP contribution is 2.30. The zero-order valence-corrected chi connectivity index (χ0v) is 15.3. The molecule has 1 N–H and O–H groups in total. The summed E-state index contributed by atoms with van der Waals surface area (Å²) < 4.78 is 29.4. The molecular weight excluding hydrogens is 381 g/mol. The zero-order chi connectivity index (χ0) is 20.4. The van der Waals surface area contributed by atoms with Crippen molar-refractivity contribution in [3.8, 4) is 17.2 Å². The summed E-state index contributed by atoms with van der Waals surface area (Å²) in [4.78, 5) is 24.4. The van der Waals surface area contributed by atoms with Gasteiger partial charge in [0.15, 0.2) is 12.2 Å². The van der Waals surface area contributed by atoms with Crippen molar-refractivity contribution in [2.24, 2.45) is 0 Å². The number of rotatable bonds is 5. The van der Waals surface area contributed by atoms with Crippen LogP contribution in [0.2, 0.25) is 0 Å². The van der Waals surface area contributed by atoms with Crippen molar-refractivity contribution in [2.45, 2.75) is 25.6 Å². The molecule has 0 fully saturated rings. The Morgan fingerprint density at radius 1 is 1.21 bits per heavy atom. The van der Waals surface area contributed by atoms with Crippen LogP contribution in [-0.4, -0.2) is 28.2 Å². The molecule has 0 saturated heterocycles. The first kappa shape index (κ1) is 18.6. The standard InChI is InChI=1S/C20H16FN3O5/c1-11(19-23-24-20(29-19)12-6-8-13(21)9-7-12)27-17(25)10-16-18(26)22-14-4-2-3-5-15(14)28-16/h2-9,11,16H,10H2,1H3,(H,22,26)/t11-,16-/m1/s1. The van der Waals surface area contributed by atoms with E-state index in [-0.39, 0.29) is 24.0 Å². The summed E-state index contributed by atoms with van der Waals surface area (Å²) in [7, 11) is 0. The van der Waals surface area contributed by atoms with Crippen LogP contribution >= 0.6 is 0 Å². The van der Waals surface area contributed by atoms with Crippen molar-refractivity contribution in [3.63, 3.8) is 0 Å². The Labute approximate surface area is 164 Å².